The Morgan fingerprint density at radius 1 is 0.361 bits per heavy atom. The first-order valence-electron chi connectivity index (χ1n) is 27.9. The van der Waals surface area contributed by atoms with Crippen molar-refractivity contribution >= 4 is 67.7 Å². The SMILES string of the molecule is CC(C)(C)c1ccnc(-c2[c-]c3c(cc2)Oc2cccc4c2B3c2[c-]c(-c3nccc5ccccc35)ccc2O4)c1.CC(C)(C)c1ccnc(-c2ccc3c(c2)B2c4cc(-c5nccc6ccccc56)ccc4Oc4cccc(c42)O3)c1.[Pt+2]. The Hall–Kier alpha value is -9.10. The van der Waals surface area contributed by atoms with Crippen molar-refractivity contribution in [3.63, 3.8) is 0 Å². The molecule has 11 heteroatoms. The van der Waals surface area contributed by atoms with Crippen molar-refractivity contribution in [3.05, 3.63) is 230 Å². The minimum absolute atomic E-state index is 0. The summed E-state index contributed by atoms with van der Waals surface area (Å²) < 4.78 is 25.8. The molecule has 0 N–H and O–H groups in total. The molecule has 0 spiro atoms. The van der Waals surface area contributed by atoms with Crippen molar-refractivity contribution in [3.8, 4) is 91.0 Å². The van der Waals surface area contributed by atoms with Crippen LogP contribution in [0.15, 0.2) is 207 Å². The molecule has 0 saturated carbocycles. The molecule has 4 aromatic heterocycles. The van der Waals surface area contributed by atoms with Crippen LogP contribution in [0.3, 0.4) is 0 Å². The second-order valence-electron chi connectivity index (χ2n) is 23.5. The molecule has 8 heterocycles. The molecular formula is C72H52B2N4O4Pt. The number of aromatic nitrogens is 4. The van der Waals surface area contributed by atoms with Crippen LogP contribution < -0.4 is 51.7 Å². The van der Waals surface area contributed by atoms with E-state index in [1.165, 1.54) is 16.5 Å². The monoisotopic (exact) mass is 1250 g/mol. The summed E-state index contributed by atoms with van der Waals surface area (Å²) in [5.74, 6) is 6.53. The number of hydrogen-bond acceptors (Lipinski definition) is 8. The van der Waals surface area contributed by atoms with E-state index < -0.39 is 0 Å². The maximum Gasteiger partial charge on any atom is 2.00 e. The van der Waals surface area contributed by atoms with Gasteiger partial charge in [-0.3, -0.25) is 9.97 Å². The quantitative estimate of drug-likeness (QED) is 0.127. The third kappa shape index (κ3) is 9.08. The van der Waals surface area contributed by atoms with Crippen molar-refractivity contribution < 1.29 is 40.0 Å². The third-order valence-corrected chi connectivity index (χ3v) is 16.3. The molecule has 8 aromatic carbocycles. The smallest absolute Gasteiger partial charge is 0.503 e. The zero-order chi connectivity index (χ0) is 55.4. The van der Waals surface area contributed by atoms with E-state index in [4.69, 9.17) is 38.9 Å². The standard InChI is InChI=1S/C36H27BN2O2.C36H25BN2O2.Pt/c2*1-36(2,3)25-16-18-38-29(21-25)23-11-13-30-27(19-23)37-28-20-24(35-26-8-5-4-7-22(26)15-17-39-35)12-14-31(28)41-33-10-6-9-32(40-30)34(33)37;/h4-21H,1-3H3;4-18,21H,1-3H3;/q;-2;+2. The van der Waals surface area contributed by atoms with Crippen LogP contribution in [0.2, 0.25) is 0 Å². The van der Waals surface area contributed by atoms with E-state index >= 15 is 0 Å². The van der Waals surface area contributed by atoms with E-state index in [1.54, 1.807) is 0 Å². The summed E-state index contributed by atoms with van der Waals surface area (Å²) in [5, 5.41) is 4.54. The Kier molecular flexibility index (Phi) is 12.6. The summed E-state index contributed by atoms with van der Waals surface area (Å²) in [7, 11) is 0. The van der Waals surface area contributed by atoms with Gasteiger partial charge in [-0.1, -0.05) is 120 Å². The summed E-state index contributed by atoms with van der Waals surface area (Å²) in [6.07, 6.45) is 7.54. The third-order valence-electron chi connectivity index (χ3n) is 16.3. The number of fused-ring (bicyclic) bond motifs is 10. The first-order chi connectivity index (χ1) is 39.9. The Morgan fingerprint density at radius 3 is 1.40 bits per heavy atom. The fourth-order valence-corrected chi connectivity index (χ4v) is 12.1. The van der Waals surface area contributed by atoms with Crippen LogP contribution >= 0.6 is 0 Å². The molecule has 0 saturated heterocycles. The fraction of sp³-hybridized carbons (Fsp3) is 0.111. The van der Waals surface area contributed by atoms with Gasteiger partial charge in [0.25, 0.3) is 6.71 Å². The van der Waals surface area contributed by atoms with Gasteiger partial charge in [0, 0.05) is 58.2 Å². The Morgan fingerprint density at radius 2 is 0.807 bits per heavy atom. The van der Waals surface area contributed by atoms with Gasteiger partial charge in [0.2, 0.25) is 6.71 Å². The van der Waals surface area contributed by atoms with Crippen LogP contribution in [0, 0.1) is 12.1 Å². The largest absolute Gasteiger partial charge is 2.00 e. The van der Waals surface area contributed by atoms with E-state index in [-0.39, 0.29) is 45.3 Å². The van der Waals surface area contributed by atoms with Gasteiger partial charge in [0.1, 0.15) is 34.5 Å². The van der Waals surface area contributed by atoms with Gasteiger partial charge in [0.05, 0.1) is 11.4 Å². The van der Waals surface area contributed by atoms with Gasteiger partial charge < -0.3 is 28.9 Å². The van der Waals surface area contributed by atoms with Crippen LogP contribution in [-0.4, -0.2) is 33.4 Å². The Balaban J connectivity index is 0.000000146. The molecule has 8 nitrogen and oxygen atoms in total. The van der Waals surface area contributed by atoms with Crippen LogP contribution in [0.5, 0.6) is 46.0 Å². The minimum atomic E-state index is -0.158. The van der Waals surface area contributed by atoms with Crippen LogP contribution in [-0.2, 0) is 31.9 Å². The molecule has 0 unspecified atom stereocenters. The number of benzene rings is 8. The molecule has 4 aliphatic heterocycles. The van der Waals surface area contributed by atoms with Gasteiger partial charge in [0.15, 0.2) is 0 Å². The molecule has 4 aliphatic rings. The maximum atomic E-state index is 6.47. The van der Waals surface area contributed by atoms with E-state index in [1.807, 2.05) is 104 Å². The minimum Gasteiger partial charge on any atom is -0.503 e. The zero-order valence-electron chi connectivity index (χ0n) is 46.5. The van der Waals surface area contributed by atoms with E-state index in [2.05, 4.69) is 157 Å². The topological polar surface area (TPSA) is 88.5 Å². The zero-order valence-corrected chi connectivity index (χ0v) is 48.8. The van der Waals surface area contributed by atoms with Crippen molar-refractivity contribution in [1.29, 1.82) is 0 Å². The molecule has 400 valence electrons. The van der Waals surface area contributed by atoms with E-state index in [0.29, 0.717) is 0 Å². The van der Waals surface area contributed by atoms with Gasteiger partial charge in [-0.2, -0.15) is 0 Å². The Bertz CT molecular complexity index is 4280. The second kappa shape index (κ2) is 20.1. The normalized spacial score (nSPS) is 12.9. The van der Waals surface area contributed by atoms with Gasteiger partial charge >= 0.3 is 21.1 Å². The van der Waals surface area contributed by atoms with Crippen molar-refractivity contribution in [2.24, 2.45) is 0 Å². The molecular weight excluding hydrogens is 1200 g/mol. The molecule has 16 rings (SSSR count). The first-order valence-corrected chi connectivity index (χ1v) is 27.9. The molecule has 0 fully saturated rings. The van der Waals surface area contributed by atoms with Crippen LogP contribution in [0.1, 0.15) is 52.7 Å². The number of ether oxygens (including phenoxy) is 4. The van der Waals surface area contributed by atoms with Crippen molar-refractivity contribution in [2.75, 3.05) is 0 Å². The first kappa shape index (κ1) is 52.0. The molecule has 0 bridgehead atoms. The average Bonchev–Trinajstić information content (AvgIpc) is 3.62. The molecule has 0 aliphatic carbocycles. The Labute approximate surface area is 498 Å². The number of rotatable bonds is 4. The van der Waals surface area contributed by atoms with Gasteiger partial charge in [-0.15, -0.1) is 58.5 Å². The number of nitrogens with zero attached hydrogens (tertiary/aromatic N) is 4. The average molecular weight is 1250 g/mol. The fourth-order valence-electron chi connectivity index (χ4n) is 12.1. The predicted molar refractivity (Wildman–Crippen MR) is 331 cm³/mol. The summed E-state index contributed by atoms with van der Waals surface area (Å²) in [4.78, 5) is 19.0. The maximum absolute atomic E-state index is 6.47. The molecule has 0 amide bonds. The van der Waals surface area contributed by atoms with Crippen LogP contribution in [0.25, 0.3) is 66.6 Å². The van der Waals surface area contributed by atoms with Gasteiger partial charge in [-0.05, 0) is 145 Å². The predicted octanol–water partition coefficient (Wildman–Crippen LogP) is 13.6. The molecule has 12 aromatic rings. The van der Waals surface area contributed by atoms with E-state index in [0.717, 1.165) is 140 Å². The number of pyridine rings is 4. The molecule has 0 atom stereocenters. The van der Waals surface area contributed by atoms with E-state index in [9.17, 15) is 0 Å². The second-order valence-corrected chi connectivity index (χ2v) is 23.5. The summed E-state index contributed by atoms with van der Waals surface area (Å²) in [5.41, 5.74) is 16.4. The molecule has 83 heavy (non-hydrogen) atoms. The van der Waals surface area contributed by atoms with Crippen LogP contribution in [0.4, 0.5) is 0 Å². The van der Waals surface area contributed by atoms with Gasteiger partial charge in [-0.25, -0.2) is 0 Å². The van der Waals surface area contributed by atoms with Crippen molar-refractivity contribution in [1.82, 2.24) is 19.9 Å². The number of hydrogen-bond donors (Lipinski definition) is 0. The summed E-state index contributed by atoms with van der Waals surface area (Å²) in [6.45, 7) is 13.1. The molecule has 0 radical (unpaired) electrons. The van der Waals surface area contributed by atoms with Crippen molar-refractivity contribution in [2.45, 2.75) is 52.4 Å². The summed E-state index contributed by atoms with van der Waals surface area (Å²) in [6, 6.07) is 69.8. The summed E-state index contributed by atoms with van der Waals surface area (Å²) >= 11 is 0.